The molecule has 2 heterocycles. The standard InChI is InChI=1S/C35H30N2O5S/c1-24-23-43-33-30(36-29(38)22-41-28-20-12-5-13-21-28)32(39)37(33)31(24)34(40)42-35(25-14-6-2-7-15-25,26-16-8-3-9-17-26)27-18-10-4-11-19-27/h2-21,30,33H,22-23H2,1H3,(H,36,38)/t30-,33-/m1/s1. The fourth-order valence-electron chi connectivity index (χ4n) is 5.53. The van der Waals surface area contributed by atoms with Crippen molar-refractivity contribution in [1.82, 2.24) is 10.2 Å². The highest BCUT2D eigenvalue weighted by Crippen LogP contribution is 2.44. The Morgan fingerprint density at radius 2 is 1.30 bits per heavy atom. The highest BCUT2D eigenvalue weighted by molar-refractivity contribution is 8.00. The van der Waals surface area contributed by atoms with E-state index in [4.69, 9.17) is 9.47 Å². The van der Waals surface area contributed by atoms with Crippen LogP contribution in [0.2, 0.25) is 0 Å². The van der Waals surface area contributed by atoms with Gasteiger partial charge in [0.15, 0.2) is 12.2 Å². The zero-order valence-electron chi connectivity index (χ0n) is 23.5. The Morgan fingerprint density at radius 1 is 0.814 bits per heavy atom. The highest BCUT2D eigenvalue weighted by Gasteiger charge is 2.55. The van der Waals surface area contributed by atoms with E-state index < -0.39 is 28.9 Å². The molecule has 1 fully saturated rings. The largest absolute Gasteiger partial charge is 0.484 e. The van der Waals surface area contributed by atoms with Crippen molar-refractivity contribution in [1.29, 1.82) is 0 Å². The lowest BCUT2D eigenvalue weighted by Crippen LogP contribution is -2.71. The van der Waals surface area contributed by atoms with Crippen LogP contribution in [0.15, 0.2) is 133 Å². The minimum absolute atomic E-state index is 0.215. The van der Waals surface area contributed by atoms with Crippen LogP contribution in [0.3, 0.4) is 0 Å². The second-order valence-electron chi connectivity index (χ2n) is 10.4. The molecule has 0 saturated carbocycles. The van der Waals surface area contributed by atoms with Crippen molar-refractivity contribution < 1.29 is 23.9 Å². The number of ether oxygens (including phenoxy) is 2. The SMILES string of the molecule is CC1=C(C(=O)OC(c2ccccc2)(c2ccccc2)c2ccccc2)N2C(=O)[C@@H](NC(=O)COc3ccccc3)[C@H]2SC1. The topological polar surface area (TPSA) is 84.9 Å². The predicted octanol–water partition coefficient (Wildman–Crippen LogP) is 5.27. The van der Waals surface area contributed by atoms with E-state index in [2.05, 4.69) is 5.32 Å². The van der Waals surface area contributed by atoms with Crippen molar-refractivity contribution in [3.05, 3.63) is 149 Å². The van der Waals surface area contributed by atoms with E-state index in [1.54, 1.807) is 12.1 Å². The van der Waals surface area contributed by atoms with Gasteiger partial charge in [-0.25, -0.2) is 4.79 Å². The molecule has 0 aromatic heterocycles. The van der Waals surface area contributed by atoms with E-state index in [-0.39, 0.29) is 18.2 Å². The third-order valence-corrected chi connectivity index (χ3v) is 8.99. The molecule has 8 heteroatoms. The molecule has 0 radical (unpaired) electrons. The summed E-state index contributed by atoms with van der Waals surface area (Å²) in [4.78, 5) is 41.9. The number of thioether (sulfide) groups is 1. The van der Waals surface area contributed by atoms with E-state index in [0.29, 0.717) is 11.5 Å². The van der Waals surface area contributed by atoms with E-state index in [9.17, 15) is 14.4 Å². The van der Waals surface area contributed by atoms with Gasteiger partial charge in [-0.3, -0.25) is 14.5 Å². The molecule has 2 aliphatic rings. The summed E-state index contributed by atoms with van der Waals surface area (Å²) in [6.45, 7) is 1.62. The number of fused-ring (bicyclic) bond motifs is 1. The minimum Gasteiger partial charge on any atom is -0.484 e. The Labute approximate surface area is 254 Å². The zero-order valence-corrected chi connectivity index (χ0v) is 24.3. The summed E-state index contributed by atoms with van der Waals surface area (Å²) in [5.74, 6) is -0.297. The molecule has 7 nitrogen and oxygen atoms in total. The van der Waals surface area contributed by atoms with E-state index >= 15 is 0 Å². The number of benzene rings is 4. The molecule has 4 aromatic carbocycles. The zero-order chi connectivity index (χ0) is 29.8. The van der Waals surface area contributed by atoms with Gasteiger partial charge in [0.05, 0.1) is 0 Å². The van der Waals surface area contributed by atoms with Crippen LogP contribution in [0.5, 0.6) is 5.75 Å². The molecule has 6 rings (SSSR count). The maximum absolute atomic E-state index is 14.3. The Kier molecular flexibility index (Phi) is 8.03. The fourth-order valence-corrected chi connectivity index (χ4v) is 6.82. The number of amides is 2. The van der Waals surface area contributed by atoms with Gasteiger partial charge in [-0.15, -0.1) is 11.8 Å². The number of rotatable bonds is 9. The van der Waals surface area contributed by atoms with E-state index in [0.717, 1.165) is 22.3 Å². The second-order valence-corrected chi connectivity index (χ2v) is 11.5. The second kappa shape index (κ2) is 12.2. The first kappa shape index (κ1) is 28.3. The van der Waals surface area contributed by atoms with Crippen molar-refractivity contribution in [2.24, 2.45) is 0 Å². The third kappa shape index (κ3) is 5.42. The summed E-state index contributed by atoms with van der Waals surface area (Å²) in [6, 6.07) is 37.1. The van der Waals surface area contributed by atoms with Crippen molar-refractivity contribution in [3.8, 4) is 5.75 Å². The quantitative estimate of drug-likeness (QED) is 0.162. The first-order valence-corrected chi connectivity index (χ1v) is 15.1. The van der Waals surface area contributed by atoms with Crippen LogP contribution in [-0.2, 0) is 24.7 Å². The lowest BCUT2D eigenvalue weighted by molar-refractivity contribution is -0.158. The molecular weight excluding hydrogens is 560 g/mol. The lowest BCUT2D eigenvalue weighted by atomic mass is 9.80. The number of para-hydroxylation sites is 1. The van der Waals surface area contributed by atoms with Gasteiger partial charge in [-0.05, 0) is 24.6 Å². The Hall–Kier alpha value is -4.82. The summed E-state index contributed by atoms with van der Waals surface area (Å²) in [7, 11) is 0. The molecule has 4 aromatic rings. The van der Waals surface area contributed by atoms with Crippen molar-refractivity contribution in [3.63, 3.8) is 0 Å². The molecular formula is C35H30N2O5S. The van der Waals surface area contributed by atoms with Gasteiger partial charge in [0.25, 0.3) is 11.8 Å². The molecule has 0 spiro atoms. The number of nitrogens with zero attached hydrogens (tertiary/aromatic N) is 1. The minimum atomic E-state index is -1.27. The Morgan fingerprint density at radius 3 is 1.81 bits per heavy atom. The van der Waals surface area contributed by atoms with Gasteiger partial charge in [-0.2, -0.15) is 0 Å². The lowest BCUT2D eigenvalue weighted by Gasteiger charge is -2.50. The fraction of sp³-hybridized carbons (Fsp3) is 0.171. The van der Waals surface area contributed by atoms with Gasteiger partial charge in [0.2, 0.25) is 0 Å². The molecule has 2 amide bonds. The average molecular weight is 591 g/mol. The molecule has 2 aliphatic heterocycles. The van der Waals surface area contributed by atoms with Crippen LogP contribution in [-0.4, -0.2) is 46.5 Å². The monoisotopic (exact) mass is 590 g/mol. The first-order chi connectivity index (χ1) is 21.0. The Bertz CT molecular complexity index is 1550. The number of esters is 1. The van der Waals surface area contributed by atoms with Crippen LogP contribution in [0.4, 0.5) is 0 Å². The molecule has 0 unspecified atom stereocenters. The maximum atomic E-state index is 14.3. The summed E-state index contributed by atoms with van der Waals surface area (Å²) in [6.07, 6.45) is 0. The van der Waals surface area contributed by atoms with Gasteiger partial charge < -0.3 is 14.8 Å². The number of nitrogens with one attached hydrogen (secondary N) is 1. The number of carbonyl (C=O) groups excluding carboxylic acids is 3. The molecule has 43 heavy (non-hydrogen) atoms. The van der Waals surface area contributed by atoms with Crippen LogP contribution < -0.4 is 10.1 Å². The average Bonchev–Trinajstić information content (AvgIpc) is 3.06. The van der Waals surface area contributed by atoms with Crippen LogP contribution in [0.25, 0.3) is 0 Å². The van der Waals surface area contributed by atoms with Crippen LogP contribution in [0, 0.1) is 0 Å². The molecule has 1 saturated heterocycles. The van der Waals surface area contributed by atoms with Gasteiger partial charge in [-0.1, -0.05) is 109 Å². The molecule has 0 aliphatic carbocycles. The normalized spacial score (nSPS) is 17.9. The number of carbonyl (C=O) groups is 3. The smallest absolute Gasteiger partial charge is 0.356 e. The van der Waals surface area contributed by atoms with Crippen molar-refractivity contribution in [2.75, 3.05) is 12.4 Å². The molecule has 0 bridgehead atoms. The number of hydrogen-bond acceptors (Lipinski definition) is 6. The summed E-state index contributed by atoms with van der Waals surface area (Å²) >= 11 is 1.50. The molecule has 1 N–H and O–H groups in total. The highest BCUT2D eigenvalue weighted by atomic mass is 32.2. The number of hydrogen-bond donors (Lipinski definition) is 1. The summed E-state index contributed by atoms with van der Waals surface area (Å²) in [5.41, 5.74) is 2.01. The van der Waals surface area contributed by atoms with Gasteiger partial charge in [0.1, 0.15) is 22.9 Å². The third-order valence-electron chi connectivity index (χ3n) is 7.57. The number of β-lactam (4-membered cyclic amide) rings is 1. The van der Waals surface area contributed by atoms with E-state index in [1.807, 2.05) is 116 Å². The summed E-state index contributed by atoms with van der Waals surface area (Å²) in [5, 5.41) is 2.35. The van der Waals surface area contributed by atoms with Crippen LogP contribution >= 0.6 is 11.8 Å². The van der Waals surface area contributed by atoms with Gasteiger partial charge >= 0.3 is 5.97 Å². The molecule has 2 atom stereocenters. The van der Waals surface area contributed by atoms with Crippen molar-refractivity contribution >= 4 is 29.5 Å². The maximum Gasteiger partial charge on any atom is 0.356 e. The first-order valence-electron chi connectivity index (χ1n) is 14.0. The van der Waals surface area contributed by atoms with E-state index in [1.165, 1.54) is 16.7 Å². The van der Waals surface area contributed by atoms with Gasteiger partial charge in [0, 0.05) is 22.4 Å². The van der Waals surface area contributed by atoms with Crippen LogP contribution in [0.1, 0.15) is 23.6 Å². The van der Waals surface area contributed by atoms with Crippen molar-refractivity contribution in [2.45, 2.75) is 23.9 Å². The predicted molar refractivity (Wildman–Crippen MR) is 165 cm³/mol. The molecule has 216 valence electrons. The summed E-state index contributed by atoms with van der Waals surface area (Å²) < 4.78 is 12.1. The Balaban J connectivity index is 1.28.